The van der Waals surface area contributed by atoms with E-state index in [9.17, 15) is 9.90 Å². The van der Waals surface area contributed by atoms with E-state index in [4.69, 9.17) is 10.5 Å². The van der Waals surface area contributed by atoms with Gasteiger partial charge in [0.2, 0.25) is 5.88 Å². The molecule has 0 spiro atoms. The molecule has 4 N–H and O–H groups in total. The lowest BCUT2D eigenvalue weighted by Crippen LogP contribution is -2.25. The molecule has 5 rings (SSSR count). The number of aromatic nitrogens is 3. The number of nitrogens with zero attached hydrogens (tertiary/aromatic N) is 2. The first kappa shape index (κ1) is 19.8. The largest absolute Gasteiger partial charge is 0.478 e. The van der Waals surface area contributed by atoms with Crippen molar-refractivity contribution in [2.75, 3.05) is 0 Å². The molecule has 0 amide bonds. The van der Waals surface area contributed by atoms with Crippen LogP contribution in [0.15, 0.2) is 30.6 Å². The molecule has 0 aromatic carbocycles. The highest BCUT2D eigenvalue weighted by molar-refractivity contribution is 5.95. The van der Waals surface area contributed by atoms with Crippen molar-refractivity contribution >= 4 is 5.97 Å². The van der Waals surface area contributed by atoms with Crippen LogP contribution in [0.25, 0.3) is 22.5 Å². The van der Waals surface area contributed by atoms with Gasteiger partial charge in [-0.3, -0.25) is 4.98 Å². The van der Waals surface area contributed by atoms with E-state index < -0.39 is 5.97 Å². The van der Waals surface area contributed by atoms with E-state index in [-0.39, 0.29) is 11.6 Å². The lowest BCUT2D eigenvalue weighted by molar-refractivity contribution is 0.0694. The van der Waals surface area contributed by atoms with Gasteiger partial charge in [-0.25, -0.2) is 9.78 Å². The highest BCUT2D eigenvalue weighted by atomic mass is 16.5. The van der Waals surface area contributed by atoms with E-state index in [0.29, 0.717) is 24.3 Å². The van der Waals surface area contributed by atoms with Crippen LogP contribution in [0.1, 0.15) is 53.9 Å². The number of aryl methyl sites for hydroxylation is 1. The second-order valence-electron chi connectivity index (χ2n) is 8.95. The minimum Gasteiger partial charge on any atom is -0.478 e. The summed E-state index contributed by atoms with van der Waals surface area (Å²) in [5.74, 6) is -0.311. The maximum absolute atomic E-state index is 12.1. The predicted molar refractivity (Wildman–Crippen MR) is 117 cm³/mol. The summed E-state index contributed by atoms with van der Waals surface area (Å²) < 4.78 is 5.62. The molecule has 0 unspecified atom stereocenters. The van der Waals surface area contributed by atoms with Gasteiger partial charge in [0.1, 0.15) is 0 Å². The number of nitrogens with one attached hydrogen (secondary N) is 1. The number of H-pyrrole nitrogens is 1. The Morgan fingerprint density at radius 2 is 2.06 bits per heavy atom. The molecule has 2 aliphatic carbocycles. The zero-order valence-electron chi connectivity index (χ0n) is 17.7. The monoisotopic (exact) mass is 418 g/mol. The van der Waals surface area contributed by atoms with Gasteiger partial charge in [0.05, 0.1) is 23.1 Å². The molecule has 160 valence electrons. The van der Waals surface area contributed by atoms with Gasteiger partial charge in [0.25, 0.3) is 0 Å². The summed E-state index contributed by atoms with van der Waals surface area (Å²) in [6.45, 7) is 3.92. The Labute approximate surface area is 180 Å². The van der Waals surface area contributed by atoms with Crippen molar-refractivity contribution in [2.24, 2.45) is 5.73 Å². The number of aromatic amines is 1. The summed E-state index contributed by atoms with van der Waals surface area (Å²) in [5, 5.41) is 9.90. The normalized spacial score (nSPS) is 16.0. The van der Waals surface area contributed by atoms with Crippen LogP contribution < -0.4 is 10.5 Å². The van der Waals surface area contributed by atoms with Crippen LogP contribution in [0.4, 0.5) is 0 Å². The topological polar surface area (TPSA) is 114 Å². The van der Waals surface area contributed by atoms with Crippen LogP contribution >= 0.6 is 0 Å². The number of pyridine rings is 2. The third-order valence-corrected chi connectivity index (χ3v) is 6.10. The van der Waals surface area contributed by atoms with Gasteiger partial charge in [0.15, 0.2) is 0 Å². The van der Waals surface area contributed by atoms with E-state index in [1.54, 1.807) is 6.20 Å². The molecular formula is C24H26N4O3. The fourth-order valence-electron chi connectivity index (χ4n) is 4.33. The zero-order valence-corrected chi connectivity index (χ0v) is 17.7. The smallest absolute Gasteiger partial charge is 0.337 e. The number of aromatic carboxylic acids is 1. The second-order valence-corrected chi connectivity index (χ2v) is 8.95. The second kappa shape index (κ2) is 7.20. The van der Waals surface area contributed by atoms with E-state index >= 15 is 0 Å². The van der Waals surface area contributed by atoms with Crippen LogP contribution in [0.5, 0.6) is 5.88 Å². The Morgan fingerprint density at radius 3 is 2.71 bits per heavy atom. The van der Waals surface area contributed by atoms with E-state index in [1.165, 1.54) is 0 Å². The minimum atomic E-state index is -0.889. The lowest BCUT2D eigenvalue weighted by Gasteiger charge is -2.17. The molecule has 3 heterocycles. The lowest BCUT2D eigenvalue weighted by atomic mass is 9.88. The first-order chi connectivity index (χ1) is 14.8. The molecule has 0 bridgehead atoms. The number of fused-ring (bicyclic) bond motifs is 3. The molecule has 3 aromatic heterocycles. The van der Waals surface area contributed by atoms with Crippen molar-refractivity contribution < 1.29 is 14.6 Å². The van der Waals surface area contributed by atoms with E-state index in [0.717, 1.165) is 58.6 Å². The number of rotatable bonds is 6. The number of carbonyl (C=O) groups is 1. The van der Waals surface area contributed by atoms with Gasteiger partial charge in [-0.2, -0.15) is 0 Å². The quantitative estimate of drug-likeness (QED) is 0.562. The van der Waals surface area contributed by atoms with E-state index in [1.807, 2.05) is 38.2 Å². The summed E-state index contributed by atoms with van der Waals surface area (Å²) in [7, 11) is 0. The number of hydrogen-bond acceptors (Lipinski definition) is 5. The van der Waals surface area contributed by atoms with Gasteiger partial charge in [0, 0.05) is 47.2 Å². The van der Waals surface area contributed by atoms with E-state index in [2.05, 4.69) is 15.0 Å². The molecule has 2 aliphatic rings. The average Bonchev–Trinajstić information content (AvgIpc) is 3.33. The Hall–Kier alpha value is -3.19. The molecule has 1 fully saturated rings. The molecule has 1 saturated carbocycles. The Bertz CT molecular complexity index is 1160. The number of nitrogens with two attached hydrogens (primary N) is 1. The molecule has 7 nitrogen and oxygen atoms in total. The minimum absolute atomic E-state index is 0.0624. The first-order valence-corrected chi connectivity index (χ1v) is 10.7. The van der Waals surface area contributed by atoms with Crippen molar-refractivity contribution in [1.82, 2.24) is 15.0 Å². The molecule has 0 atom stereocenters. The van der Waals surface area contributed by atoms with Crippen molar-refractivity contribution in [2.45, 2.75) is 57.6 Å². The molecule has 0 aliphatic heterocycles. The maximum Gasteiger partial charge on any atom is 0.337 e. The Morgan fingerprint density at radius 1 is 1.26 bits per heavy atom. The van der Waals surface area contributed by atoms with Gasteiger partial charge in [-0.05, 0) is 62.8 Å². The third-order valence-electron chi connectivity index (χ3n) is 6.10. The van der Waals surface area contributed by atoms with Crippen molar-refractivity contribution in [3.05, 3.63) is 53.0 Å². The van der Waals surface area contributed by atoms with Crippen LogP contribution in [0.3, 0.4) is 0 Å². The Kier molecular flexibility index (Phi) is 4.59. The molecule has 0 radical (unpaired) electrons. The summed E-state index contributed by atoms with van der Waals surface area (Å²) in [6, 6.07) is 5.80. The fraction of sp³-hybridized carbons (Fsp3) is 0.375. The maximum atomic E-state index is 12.1. The fourth-order valence-corrected chi connectivity index (χ4v) is 4.33. The third kappa shape index (κ3) is 3.70. The van der Waals surface area contributed by atoms with Crippen LogP contribution in [0.2, 0.25) is 0 Å². The highest BCUT2D eigenvalue weighted by Gasteiger charge is 2.40. The molecule has 7 heteroatoms. The molecule has 3 aromatic rings. The summed E-state index contributed by atoms with van der Waals surface area (Å²) in [4.78, 5) is 24.5. The molecule has 0 saturated heterocycles. The van der Waals surface area contributed by atoms with Crippen molar-refractivity contribution in [3.8, 4) is 28.4 Å². The zero-order chi connectivity index (χ0) is 21.8. The van der Waals surface area contributed by atoms with Crippen LogP contribution in [0, 0.1) is 0 Å². The number of carboxylic acid groups (broad SMARTS) is 1. The molecule has 31 heavy (non-hydrogen) atoms. The van der Waals surface area contributed by atoms with Crippen LogP contribution in [-0.2, 0) is 19.3 Å². The number of ether oxygens (including phenoxy) is 1. The summed E-state index contributed by atoms with van der Waals surface area (Å²) in [6.07, 6.45) is 7.59. The molecular weight excluding hydrogens is 392 g/mol. The number of hydrogen-bond donors (Lipinski definition) is 3. The summed E-state index contributed by atoms with van der Waals surface area (Å²) in [5.41, 5.74) is 12.7. The average molecular weight is 418 g/mol. The van der Waals surface area contributed by atoms with Crippen molar-refractivity contribution in [1.29, 1.82) is 0 Å². The van der Waals surface area contributed by atoms with Gasteiger partial charge in [-0.15, -0.1) is 0 Å². The highest BCUT2D eigenvalue weighted by Crippen LogP contribution is 2.41. The predicted octanol–water partition coefficient (Wildman–Crippen LogP) is 3.76. The van der Waals surface area contributed by atoms with Crippen LogP contribution in [-0.4, -0.2) is 37.7 Å². The summed E-state index contributed by atoms with van der Waals surface area (Å²) >= 11 is 0. The standard InChI is InChI=1S/C24H26N4O3/c1-13(2)31-20-6-4-15(12-27-20)18-9-17-14(11-26-18)3-5-16-21(23(29)30)19(28-22(16)17)10-24(25)7-8-24/h4,6,9,11-13,28H,3,5,7-8,10,25H2,1-2H3,(H,29,30). The van der Waals surface area contributed by atoms with Gasteiger partial charge < -0.3 is 20.6 Å². The first-order valence-electron chi connectivity index (χ1n) is 10.7. The van der Waals surface area contributed by atoms with Crippen molar-refractivity contribution in [3.63, 3.8) is 0 Å². The van der Waals surface area contributed by atoms with Gasteiger partial charge in [-0.1, -0.05) is 0 Å². The SMILES string of the molecule is CC(C)Oc1ccc(-c2cc3c(cn2)CCc2c-3[nH]c(CC3(N)CC3)c2C(=O)O)cn1. The Balaban J connectivity index is 1.54. The number of carboxylic acids is 1. The van der Waals surface area contributed by atoms with Gasteiger partial charge >= 0.3 is 5.97 Å².